The second-order valence-electron chi connectivity index (χ2n) is 10.9. The van der Waals surface area contributed by atoms with Gasteiger partial charge in [0.1, 0.15) is 16.9 Å². The number of nitrogens with one attached hydrogen (secondary N) is 3. The number of amides is 2. The van der Waals surface area contributed by atoms with Crippen molar-refractivity contribution in [1.29, 1.82) is 0 Å². The summed E-state index contributed by atoms with van der Waals surface area (Å²) in [7, 11) is 2.12. The molecule has 1 aliphatic carbocycles. The number of carbonyl (C=O) groups excluding carboxylic acids is 1. The van der Waals surface area contributed by atoms with Gasteiger partial charge >= 0.3 is 18.0 Å². The molecule has 0 aromatic carbocycles. The van der Waals surface area contributed by atoms with Crippen molar-refractivity contribution in [3.63, 3.8) is 0 Å². The number of H-pyrrole nitrogens is 1. The average Bonchev–Trinajstić information content (AvgIpc) is 3.57. The normalized spacial score (nSPS) is 20.3. The SMILES string of the molecule is CCNC(=O)Nc1cc(-c2nc(C(F)(F)F)cs2)c(-c2cc(-c3n[nH]c(=O)o3)cnc2OC2C[C@@H]3CC[C@H](C2)N(C)C3)cn1. The largest absolute Gasteiger partial charge is 0.474 e. The van der Waals surface area contributed by atoms with E-state index in [0.29, 0.717) is 35.2 Å². The highest BCUT2D eigenvalue weighted by molar-refractivity contribution is 7.13. The number of nitrogens with zero attached hydrogens (tertiary/aromatic N) is 5. The van der Waals surface area contributed by atoms with Crippen LogP contribution in [0.15, 0.2) is 39.1 Å². The minimum atomic E-state index is -4.65. The van der Waals surface area contributed by atoms with Gasteiger partial charge in [-0.15, -0.1) is 16.4 Å². The number of ether oxygens (including phenoxy) is 1. The Balaban J connectivity index is 1.47. The van der Waals surface area contributed by atoms with Gasteiger partial charge in [0.25, 0.3) is 5.89 Å². The third-order valence-corrected chi connectivity index (χ3v) is 8.70. The van der Waals surface area contributed by atoms with Gasteiger partial charge in [0, 0.05) is 53.6 Å². The Bertz CT molecular complexity index is 1720. The number of carbonyl (C=O) groups is 1. The first kappa shape index (κ1) is 29.7. The number of aromatic amines is 1. The second-order valence-corrected chi connectivity index (χ2v) is 11.7. The minimum absolute atomic E-state index is 0.0259. The molecule has 6 heterocycles. The Morgan fingerprint density at radius 3 is 2.73 bits per heavy atom. The topological polar surface area (TPSA) is 151 Å². The molecule has 3 fully saturated rings. The molecule has 3 atom stereocenters. The van der Waals surface area contributed by atoms with E-state index in [1.165, 1.54) is 18.5 Å². The first-order valence-corrected chi connectivity index (χ1v) is 15.0. The molecule has 3 aliphatic rings. The van der Waals surface area contributed by atoms with Gasteiger partial charge in [-0.3, -0.25) is 5.32 Å². The van der Waals surface area contributed by atoms with Gasteiger partial charge in [-0.05, 0) is 57.7 Å². The third-order valence-electron chi connectivity index (χ3n) is 7.82. The number of hydrogen-bond donors (Lipinski definition) is 3. The highest BCUT2D eigenvalue weighted by Crippen LogP contribution is 2.43. The van der Waals surface area contributed by atoms with E-state index in [2.05, 4.69) is 47.7 Å². The van der Waals surface area contributed by atoms with Gasteiger partial charge < -0.3 is 19.4 Å². The number of hydrogen-bond acceptors (Lipinski definition) is 10. The van der Waals surface area contributed by atoms with Crippen LogP contribution >= 0.6 is 11.3 Å². The van der Waals surface area contributed by atoms with E-state index in [-0.39, 0.29) is 34.3 Å². The van der Waals surface area contributed by atoms with Crippen LogP contribution in [-0.4, -0.2) is 68.4 Å². The van der Waals surface area contributed by atoms with Crippen molar-refractivity contribution >= 4 is 23.2 Å². The van der Waals surface area contributed by atoms with E-state index in [1.54, 1.807) is 13.0 Å². The van der Waals surface area contributed by atoms with Crippen LogP contribution in [0.3, 0.4) is 0 Å². The zero-order valence-corrected chi connectivity index (χ0v) is 24.6. The number of aromatic nitrogens is 5. The molecule has 16 heteroatoms. The lowest BCUT2D eigenvalue weighted by atomic mass is 9.95. The molecule has 44 heavy (non-hydrogen) atoms. The van der Waals surface area contributed by atoms with E-state index in [4.69, 9.17) is 9.15 Å². The summed E-state index contributed by atoms with van der Waals surface area (Å²) in [6.45, 7) is 3.09. The summed E-state index contributed by atoms with van der Waals surface area (Å²) in [5, 5.41) is 12.3. The van der Waals surface area contributed by atoms with Crippen LogP contribution < -0.4 is 21.1 Å². The standard InChI is InChI=1S/C28H29F3N8O4S/c1-3-32-26(40)36-22-9-19(25-35-21(13-44-25)28(29,30)31)20(11-33-22)18-7-15(23-37-38-27(41)43-23)10-34-24(18)42-17-6-14-4-5-16(8-17)39(2)12-14/h7,9-11,13-14,16-17H,3-6,8,12H2,1-2H3,(H,38,41)(H2,32,33,36,40)/t14-,16+,17?/m0/s1. The first-order valence-electron chi connectivity index (χ1n) is 14.1. The number of pyridine rings is 2. The molecule has 2 bridgehead atoms. The Labute approximate surface area is 253 Å². The molecule has 7 rings (SSSR count). The minimum Gasteiger partial charge on any atom is -0.474 e. The monoisotopic (exact) mass is 630 g/mol. The van der Waals surface area contributed by atoms with Crippen molar-refractivity contribution in [2.75, 3.05) is 25.5 Å². The van der Waals surface area contributed by atoms with E-state index >= 15 is 0 Å². The number of urea groups is 1. The van der Waals surface area contributed by atoms with Crippen LogP contribution in [0, 0.1) is 5.92 Å². The van der Waals surface area contributed by atoms with Crippen molar-refractivity contribution in [3.8, 4) is 39.0 Å². The second kappa shape index (κ2) is 12.0. The summed E-state index contributed by atoms with van der Waals surface area (Å²) in [6.07, 6.45) is 1.91. The molecule has 1 unspecified atom stereocenters. The fourth-order valence-corrected chi connectivity index (χ4v) is 6.64. The van der Waals surface area contributed by atoms with Gasteiger partial charge in [-0.1, -0.05) is 0 Å². The number of halogens is 3. The van der Waals surface area contributed by atoms with E-state index in [1.807, 2.05) is 0 Å². The molecule has 2 aliphatic heterocycles. The van der Waals surface area contributed by atoms with Crippen LogP contribution in [-0.2, 0) is 6.18 Å². The lowest BCUT2D eigenvalue weighted by Gasteiger charge is -2.33. The summed E-state index contributed by atoms with van der Waals surface area (Å²) in [4.78, 5) is 39.1. The molecule has 3 N–H and O–H groups in total. The van der Waals surface area contributed by atoms with Crippen molar-refractivity contribution in [1.82, 2.24) is 35.4 Å². The zero-order valence-electron chi connectivity index (χ0n) is 23.8. The van der Waals surface area contributed by atoms with Crippen LogP contribution in [0.1, 0.15) is 38.3 Å². The molecule has 4 aromatic heterocycles. The molecule has 4 aromatic rings. The Morgan fingerprint density at radius 1 is 1.18 bits per heavy atom. The molecule has 0 radical (unpaired) electrons. The maximum Gasteiger partial charge on any atom is 0.434 e. The maximum absolute atomic E-state index is 13.6. The fourth-order valence-electron chi connectivity index (χ4n) is 5.79. The first-order chi connectivity index (χ1) is 21.1. The molecule has 0 spiro atoms. The van der Waals surface area contributed by atoms with Gasteiger partial charge in [-0.25, -0.2) is 29.6 Å². The Hall–Kier alpha value is -4.31. The van der Waals surface area contributed by atoms with E-state index < -0.39 is 23.7 Å². The van der Waals surface area contributed by atoms with Crippen LogP contribution in [0.5, 0.6) is 5.88 Å². The molecule has 1 saturated carbocycles. The molecular formula is C28H29F3N8O4S. The molecule has 232 valence electrons. The number of thiazole rings is 1. The summed E-state index contributed by atoms with van der Waals surface area (Å²) in [5.41, 5.74) is 0.287. The zero-order chi connectivity index (χ0) is 31.0. The number of alkyl halides is 3. The summed E-state index contributed by atoms with van der Waals surface area (Å²) in [5.74, 6) is 0.0257. The molecular weight excluding hydrogens is 601 g/mol. The molecule has 2 amide bonds. The van der Waals surface area contributed by atoms with Crippen molar-refractivity contribution in [3.05, 3.63) is 46.2 Å². The lowest BCUT2D eigenvalue weighted by Crippen LogP contribution is -2.38. The third kappa shape index (κ3) is 6.31. The molecule has 2 saturated heterocycles. The van der Waals surface area contributed by atoms with Crippen LogP contribution in [0.2, 0.25) is 0 Å². The van der Waals surface area contributed by atoms with Crippen molar-refractivity contribution in [2.24, 2.45) is 5.92 Å². The van der Waals surface area contributed by atoms with E-state index in [0.717, 1.165) is 48.9 Å². The number of anilines is 1. The summed E-state index contributed by atoms with van der Waals surface area (Å²) >= 11 is 0.802. The Morgan fingerprint density at radius 2 is 2.02 bits per heavy atom. The fraction of sp³-hybridized carbons (Fsp3) is 0.429. The van der Waals surface area contributed by atoms with Gasteiger partial charge in [0.05, 0.1) is 5.56 Å². The van der Waals surface area contributed by atoms with Crippen LogP contribution in [0.25, 0.3) is 33.2 Å². The van der Waals surface area contributed by atoms with Gasteiger partial charge in [0.15, 0.2) is 5.69 Å². The average molecular weight is 631 g/mol. The predicted octanol–water partition coefficient (Wildman–Crippen LogP) is 5.02. The number of rotatable bonds is 7. The maximum atomic E-state index is 13.6. The predicted molar refractivity (Wildman–Crippen MR) is 155 cm³/mol. The van der Waals surface area contributed by atoms with Gasteiger partial charge in [-0.2, -0.15) is 13.2 Å². The number of piperidine rings is 1. The summed E-state index contributed by atoms with van der Waals surface area (Å²) < 4.78 is 52.4. The quantitative estimate of drug-likeness (QED) is 0.256. The highest BCUT2D eigenvalue weighted by atomic mass is 32.1. The highest BCUT2D eigenvalue weighted by Gasteiger charge is 2.36. The van der Waals surface area contributed by atoms with Gasteiger partial charge in [0.2, 0.25) is 5.88 Å². The molecule has 12 nitrogen and oxygen atoms in total. The smallest absolute Gasteiger partial charge is 0.434 e. The van der Waals surface area contributed by atoms with Crippen LogP contribution in [0.4, 0.5) is 23.8 Å². The lowest BCUT2D eigenvalue weighted by molar-refractivity contribution is -0.140. The van der Waals surface area contributed by atoms with Crippen molar-refractivity contribution < 1.29 is 27.1 Å². The number of fused-ring (bicyclic) bond motifs is 4. The van der Waals surface area contributed by atoms with Crippen molar-refractivity contribution in [2.45, 2.75) is 50.9 Å². The summed E-state index contributed by atoms with van der Waals surface area (Å²) in [6, 6.07) is 2.93. The van der Waals surface area contributed by atoms with E-state index in [9.17, 15) is 22.8 Å². The Kier molecular flexibility index (Phi) is 8.11.